The molecule has 0 amide bonds. The predicted octanol–water partition coefficient (Wildman–Crippen LogP) is 3.48. The van der Waals surface area contributed by atoms with Crippen LogP contribution in [-0.2, 0) is 17.7 Å². The quantitative estimate of drug-likeness (QED) is 0.822. The van der Waals surface area contributed by atoms with Gasteiger partial charge in [-0.1, -0.05) is 60.7 Å². The number of ether oxygens (including phenoxy) is 1. The van der Waals surface area contributed by atoms with E-state index in [-0.39, 0.29) is 0 Å². The molecule has 2 heteroatoms. The first-order valence-corrected chi connectivity index (χ1v) is 7.32. The van der Waals surface area contributed by atoms with Gasteiger partial charge in [0.05, 0.1) is 12.8 Å². The van der Waals surface area contributed by atoms with Crippen molar-refractivity contribution in [1.29, 1.82) is 0 Å². The van der Waals surface area contributed by atoms with Crippen LogP contribution in [0.3, 0.4) is 0 Å². The molecular weight excluding hydrogens is 246 g/mol. The van der Waals surface area contributed by atoms with E-state index in [2.05, 4.69) is 65.6 Å². The molecule has 0 aliphatic carbocycles. The summed E-state index contributed by atoms with van der Waals surface area (Å²) in [6, 6.07) is 21.3. The molecule has 0 N–H and O–H groups in total. The maximum absolute atomic E-state index is 5.89. The summed E-state index contributed by atoms with van der Waals surface area (Å²) in [6.07, 6.45) is 2.58. The molecule has 0 radical (unpaired) electrons. The van der Waals surface area contributed by atoms with Crippen LogP contribution < -0.4 is 0 Å². The lowest BCUT2D eigenvalue weighted by molar-refractivity contribution is 0.0836. The molecule has 0 saturated carbocycles. The van der Waals surface area contributed by atoms with Gasteiger partial charge in [-0.05, 0) is 24.0 Å². The summed E-state index contributed by atoms with van der Waals surface area (Å²) < 4.78 is 5.89. The molecule has 1 aliphatic heterocycles. The van der Waals surface area contributed by atoms with E-state index in [1.165, 1.54) is 11.1 Å². The van der Waals surface area contributed by atoms with Crippen LogP contribution in [0.1, 0.15) is 17.5 Å². The number of hydrogen-bond acceptors (Lipinski definition) is 2. The number of aryl methyl sites for hydroxylation is 1. The van der Waals surface area contributed by atoms with Crippen molar-refractivity contribution in [3.05, 3.63) is 71.8 Å². The molecule has 20 heavy (non-hydrogen) atoms. The van der Waals surface area contributed by atoms with E-state index in [9.17, 15) is 0 Å². The summed E-state index contributed by atoms with van der Waals surface area (Å²) in [6.45, 7) is 2.79. The van der Waals surface area contributed by atoms with Crippen molar-refractivity contribution in [2.45, 2.75) is 25.5 Å². The van der Waals surface area contributed by atoms with E-state index in [0.717, 1.165) is 32.7 Å². The Morgan fingerprint density at radius 3 is 2.25 bits per heavy atom. The minimum Gasteiger partial charge on any atom is -0.361 e. The van der Waals surface area contributed by atoms with Crippen molar-refractivity contribution < 1.29 is 4.74 Å². The zero-order chi connectivity index (χ0) is 13.6. The third-order valence-electron chi connectivity index (χ3n) is 3.80. The SMILES string of the molecule is c1ccc(CCC2CN(Cc3ccccc3)CO2)cc1. The molecule has 1 aliphatic rings. The Kier molecular flexibility index (Phi) is 4.46. The van der Waals surface area contributed by atoms with E-state index >= 15 is 0 Å². The zero-order valence-corrected chi connectivity index (χ0v) is 11.7. The number of hydrogen-bond donors (Lipinski definition) is 0. The lowest BCUT2D eigenvalue weighted by atomic mass is 10.1. The second-order valence-electron chi connectivity index (χ2n) is 5.44. The van der Waals surface area contributed by atoms with Crippen LogP contribution in [0.25, 0.3) is 0 Å². The molecule has 0 bridgehead atoms. The Morgan fingerprint density at radius 1 is 0.900 bits per heavy atom. The fourth-order valence-electron chi connectivity index (χ4n) is 2.70. The number of nitrogens with zero attached hydrogens (tertiary/aromatic N) is 1. The molecule has 0 spiro atoms. The number of rotatable bonds is 5. The lowest BCUT2D eigenvalue weighted by Crippen LogP contribution is -2.21. The van der Waals surface area contributed by atoms with Crippen molar-refractivity contribution in [2.24, 2.45) is 0 Å². The summed E-state index contributed by atoms with van der Waals surface area (Å²) in [5, 5.41) is 0. The molecule has 0 aromatic heterocycles. The van der Waals surface area contributed by atoms with E-state index in [1.807, 2.05) is 0 Å². The van der Waals surface area contributed by atoms with Crippen LogP contribution in [0.4, 0.5) is 0 Å². The molecule has 3 rings (SSSR count). The Labute approximate surface area is 121 Å². The molecule has 1 unspecified atom stereocenters. The Morgan fingerprint density at radius 2 is 1.55 bits per heavy atom. The molecule has 2 nitrogen and oxygen atoms in total. The van der Waals surface area contributed by atoms with Crippen molar-refractivity contribution in [3.63, 3.8) is 0 Å². The van der Waals surface area contributed by atoms with E-state index in [1.54, 1.807) is 0 Å². The molecule has 1 fully saturated rings. The van der Waals surface area contributed by atoms with Gasteiger partial charge in [0, 0.05) is 13.1 Å². The second kappa shape index (κ2) is 6.69. The van der Waals surface area contributed by atoms with Crippen LogP contribution in [0.2, 0.25) is 0 Å². The van der Waals surface area contributed by atoms with Gasteiger partial charge in [0.2, 0.25) is 0 Å². The minimum absolute atomic E-state index is 0.374. The molecule has 1 saturated heterocycles. The van der Waals surface area contributed by atoms with Crippen LogP contribution >= 0.6 is 0 Å². The topological polar surface area (TPSA) is 12.5 Å². The standard InChI is InChI=1S/C18H21NO/c1-3-7-16(8-4-1)11-12-18-14-19(15-20-18)13-17-9-5-2-6-10-17/h1-10,18H,11-15H2. The first-order chi connectivity index (χ1) is 9.90. The van der Waals surface area contributed by atoms with Gasteiger partial charge in [0.25, 0.3) is 0 Å². The molecule has 104 valence electrons. The first-order valence-electron chi connectivity index (χ1n) is 7.32. The lowest BCUT2D eigenvalue weighted by Gasteiger charge is -2.13. The summed E-state index contributed by atoms with van der Waals surface area (Å²) in [5.74, 6) is 0. The average Bonchev–Trinajstić information content (AvgIpc) is 2.95. The van der Waals surface area contributed by atoms with E-state index < -0.39 is 0 Å². The predicted molar refractivity (Wildman–Crippen MR) is 81.4 cm³/mol. The largest absolute Gasteiger partial charge is 0.361 e. The van der Waals surface area contributed by atoms with Crippen LogP contribution in [-0.4, -0.2) is 24.3 Å². The third-order valence-corrected chi connectivity index (χ3v) is 3.80. The summed E-state index contributed by atoms with van der Waals surface area (Å²) in [7, 11) is 0. The van der Waals surface area contributed by atoms with Gasteiger partial charge in [-0.15, -0.1) is 0 Å². The van der Waals surface area contributed by atoms with Gasteiger partial charge in [0.15, 0.2) is 0 Å². The highest BCUT2D eigenvalue weighted by molar-refractivity contribution is 5.15. The third kappa shape index (κ3) is 3.69. The zero-order valence-electron chi connectivity index (χ0n) is 11.7. The Hall–Kier alpha value is -1.64. The molecule has 1 heterocycles. The highest BCUT2D eigenvalue weighted by atomic mass is 16.5. The first kappa shape index (κ1) is 13.3. The van der Waals surface area contributed by atoms with Crippen molar-refractivity contribution in [1.82, 2.24) is 4.90 Å². The second-order valence-corrected chi connectivity index (χ2v) is 5.44. The van der Waals surface area contributed by atoms with Crippen molar-refractivity contribution in [3.8, 4) is 0 Å². The Bertz CT molecular complexity index is 511. The van der Waals surface area contributed by atoms with Crippen molar-refractivity contribution in [2.75, 3.05) is 13.3 Å². The van der Waals surface area contributed by atoms with Gasteiger partial charge < -0.3 is 4.74 Å². The monoisotopic (exact) mass is 267 g/mol. The minimum atomic E-state index is 0.374. The average molecular weight is 267 g/mol. The number of benzene rings is 2. The highest BCUT2D eigenvalue weighted by Crippen LogP contribution is 2.16. The van der Waals surface area contributed by atoms with E-state index in [4.69, 9.17) is 4.74 Å². The maximum Gasteiger partial charge on any atom is 0.0998 e. The van der Waals surface area contributed by atoms with Gasteiger partial charge in [-0.25, -0.2) is 0 Å². The Balaban J connectivity index is 1.45. The fourth-order valence-corrected chi connectivity index (χ4v) is 2.70. The molecule has 1 atom stereocenters. The highest BCUT2D eigenvalue weighted by Gasteiger charge is 2.22. The van der Waals surface area contributed by atoms with E-state index in [0.29, 0.717) is 6.10 Å². The van der Waals surface area contributed by atoms with Crippen LogP contribution in [0.15, 0.2) is 60.7 Å². The van der Waals surface area contributed by atoms with Crippen LogP contribution in [0, 0.1) is 0 Å². The van der Waals surface area contributed by atoms with Gasteiger partial charge in [-0.2, -0.15) is 0 Å². The smallest absolute Gasteiger partial charge is 0.0998 e. The van der Waals surface area contributed by atoms with Gasteiger partial charge in [0.1, 0.15) is 0 Å². The summed E-state index contributed by atoms with van der Waals surface area (Å²) in [5.41, 5.74) is 2.76. The molecule has 2 aromatic carbocycles. The van der Waals surface area contributed by atoms with Crippen LogP contribution in [0.5, 0.6) is 0 Å². The van der Waals surface area contributed by atoms with Gasteiger partial charge in [-0.3, -0.25) is 4.90 Å². The molecule has 2 aromatic rings. The summed E-state index contributed by atoms with van der Waals surface area (Å²) >= 11 is 0. The summed E-state index contributed by atoms with van der Waals surface area (Å²) in [4.78, 5) is 2.38. The molecular formula is C18H21NO. The fraction of sp³-hybridized carbons (Fsp3) is 0.333. The normalized spacial score (nSPS) is 19.3. The maximum atomic E-state index is 5.89. The van der Waals surface area contributed by atoms with Crippen molar-refractivity contribution >= 4 is 0 Å². The van der Waals surface area contributed by atoms with Gasteiger partial charge >= 0.3 is 0 Å².